The van der Waals surface area contributed by atoms with Crippen LogP contribution in [0.2, 0.25) is 0 Å². The van der Waals surface area contributed by atoms with E-state index in [2.05, 4.69) is 47.7 Å². The molecule has 0 aromatic heterocycles. The van der Waals surface area contributed by atoms with Crippen LogP contribution in [0, 0.1) is 6.92 Å². The van der Waals surface area contributed by atoms with Crippen molar-refractivity contribution in [3.8, 4) is 5.75 Å². The summed E-state index contributed by atoms with van der Waals surface area (Å²) in [4.78, 5) is 23.6. The molecular formula is C17H23Br2N3O3. The molecule has 0 aliphatic carbocycles. The summed E-state index contributed by atoms with van der Waals surface area (Å²) in [7, 11) is 0. The normalized spacial score (nSPS) is 12.5. The van der Waals surface area contributed by atoms with Crippen molar-refractivity contribution < 1.29 is 14.3 Å². The van der Waals surface area contributed by atoms with Crippen molar-refractivity contribution in [2.75, 3.05) is 6.61 Å². The number of hydrogen-bond donors (Lipinski definition) is 2. The summed E-state index contributed by atoms with van der Waals surface area (Å²) in [6.07, 6.45) is 1.00. The number of carbonyl (C=O) groups excluding carboxylic acids is 2. The minimum Gasteiger partial charge on any atom is -0.483 e. The quantitative estimate of drug-likeness (QED) is 0.443. The molecule has 6 nitrogen and oxygen atoms in total. The highest BCUT2D eigenvalue weighted by Crippen LogP contribution is 2.31. The molecule has 0 bridgehead atoms. The summed E-state index contributed by atoms with van der Waals surface area (Å²) in [5.74, 6) is 0.0639. The summed E-state index contributed by atoms with van der Waals surface area (Å²) in [6, 6.07) is 3.81. The molecule has 0 saturated heterocycles. The molecule has 0 heterocycles. The lowest BCUT2D eigenvalue weighted by Crippen LogP contribution is -2.33. The molecule has 1 rings (SSSR count). The van der Waals surface area contributed by atoms with Gasteiger partial charge in [-0.15, -0.1) is 0 Å². The van der Waals surface area contributed by atoms with Crippen LogP contribution in [0.25, 0.3) is 0 Å². The van der Waals surface area contributed by atoms with Gasteiger partial charge in [-0.2, -0.15) is 5.10 Å². The van der Waals surface area contributed by atoms with Crippen molar-refractivity contribution in [2.45, 2.75) is 46.6 Å². The van der Waals surface area contributed by atoms with E-state index in [1.165, 1.54) is 0 Å². The van der Waals surface area contributed by atoms with E-state index in [-0.39, 0.29) is 25.0 Å². The van der Waals surface area contributed by atoms with Crippen molar-refractivity contribution >= 4 is 49.4 Å². The van der Waals surface area contributed by atoms with Crippen molar-refractivity contribution in [2.24, 2.45) is 5.10 Å². The van der Waals surface area contributed by atoms with Gasteiger partial charge in [-0.1, -0.05) is 22.9 Å². The third kappa shape index (κ3) is 8.00. The molecule has 138 valence electrons. The Kier molecular flexibility index (Phi) is 9.13. The second-order valence-corrected chi connectivity index (χ2v) is 7.46. The SMILES string of the molecule is CCC(C)NC(=O)C/C(C)=N/NC(=O)COc1cc(C)c(Br)cc1Br. The third-order valence-corrected chi connectivity index (χ3v) is 4.85. The molecule has 25 heavy (non-hydrogen) atoms. The Morgan fingerprint density at radius 3 is 2.56 bits per heavy atom. The van der Waals surface area contributed by atoms with Crippen LogP contribution in [0.3, 0.4) is 0 Å². The molecule has 1 aromatic rings. The molecule has 1 unspecified atom stereocenters. The zero-order valence-corrected chi connectivity index (χ0v) is 18.0. The van der Waals surface area contributed by atoms with Crippen LogP contribution in [-0.4, -0.2) is 30.2 Å². The Hall–Kier alpha value is -1.41. The Labute approximate surface area is 165 Å². The van der Waals surface area contributed by atoms with Gasteiger partial charge in [0.05, 0.1) is 10.9 Å². The highest BCUT2D eigenvalue weighted by atomic mass is 79.9. The molecule has 0 aliphatic rings. The zero-order valence-electron chi connectivity index (χ0n) is 14.8. The molecule has 0 aliphatic heterocycles. The van der Waals surface area contributed by atoms with E-state index in [9.17, 15) is 9.59 Å². The first-order valence-corrected chi connectivity index (χ1v) is 9.51. The fourth-order valence-corrected chi connectivity index (χ4v) is 2.88. The summed E-state index contributed by atoms with van der Waals surface area (Å²) in [5.41, 5.74) is 3.91. The number of carbonyl (C=O) groups is 2. The maximum atomic E-state index is 11.8. The number of rotatable bonds is 8. The number of nitrogens with one attached hydrogen (secondary N) is 2. The van der Waals surface area contributed by atoms with Gasteiger partial charge in [0.25, 0.3) is 5.91 Å². The Morgan fingerprint density at radius 2 is 1.92 bits per heavy atom. The molecule has 1 aromatic carbocycles. The maximum Gasteiger partial charge on any atom is 0.277 e. The number of hydrazone groups is 1. The lowest BCUT2D eigenvalue weighted by molar-refractivity contribution is -0.123. The minimum absolute atomic E-state index is 0.115. The molecule has 1 atom stereocenters. The predicted octanol–water partition coefficient (Wildman–Crippen LogP) is 3.70. The topological polar surface area (TPSA) is 79.8 Å². The second kappa shape index (κ2) is 10.6. The van der Waals surface area contributed by atoms with Gasteiger partial charge in [0, 0.05) is 16.2 Å². The van der Waals surface area contributed by atoms with Gasteiger partial charge in [-0.05, 0) is 60.8 Å². The second-order valence-electron chi connectivity index (χ2n) is 5.76. The largest absolute Gasteiger partial charge is 0.483 e. The molecule has 0 spiro atoms. The number of nitrogens with zero attached hydrogens (tertiary/aromatic N) is 1. The van der Waals surface area contributed by atoms with E-state index >= 15 is 0 Å². The van der Waals surface area contributed by atoms with Crippen LogP contribution in [0.4, 0.5) is 0 Å². The summed E-state index contributed by atoms with van der Waals surface area (Å²) < 4.78 is 7.19. The van der Waals surface area contributed by atoms with E-state index < -0.39 is 5.91 Å². The average molecular weight is 477 g/mol. The zero-order chi connectivity index (χ0) is 19.0. The molecule has 0 fully saturated rings. The number of benzene rings is 1. The van der Waals surface area contributed by atoms with Gasteiger partial charge in [-0.25, -0.2) is 5.43 Å². The van der Waals surface area contributed by atoms with Crippen molar-refractivity contribution in [3.05, 3.63) is 26.6 Å². The number of aryl methyl sites for hydroxylation is 1. The highest BCUT2D eigenvalue weighted by molar-refractivity contribution is 9.11. The standard InChI is InChI=1S/C17H23Br2N3O3/c1-5-11(3)20-16(23)7-12(4)21-22-17(24)9-25-15-6-10(2)13(18)8-14(15)19/h6,8,11H,5,7,9H2,1-4H3,(H,20,23)(H,22,24)/b21-12+. The van der Waals surface area contributed by atoms with Crippen LogP contribution in [-0.2, 0) is 9.59 Å². The number of halogens is 2. The first-order chi connectivity index (χ1) is 11.7. The van der Waals surface area contributed by atoms with Crippen LogP contribution < -0.4 is 15.5 Å². The lowest BCUT2D eigenvalue weighted by atomic mass is 10.2. The van der Waals surface area contributed by atoms with Crippen LogP contribution in [0.5, 0.6) is 5.75 Å². The van der Waals surface area contributed by atoms with E-state index in [1.54, 1.807) is 6.92 Å². The maximum absolute atomic E-state index is 11.8. The average Bonchev–Trinajstić information content (AvgIpc) is 2.54. The monoisotopic (exact) mass is 475 g/mol. The van der Waals surface area contributed by atoms with Gasteiger partial charge in [0.2, 0.25) is 5.91 Å². The van der Waals surface area contributed by atoms with Gasteiger partial charge in [0.1, 0.15) is 5.75 Å². The van der Waals surface area contributed by atoms with Gasteiger partial charge >= 0.3 is 0 Å². The van der Waals surface area contributed by atoms with Crippen LogP contribution in [0.15, 0.2) is 26.2 Å². The molecule has 0 saturated carbocycles. The fourth-order valence-electron chi connectivity index (χ4n) is 1.77. The van der Waals surface area contributed by atoms with Crippen molar-refractivity contribution in [3.63, 3.8) is 0 Å². The molecule has 2 N–H and O–H groups in total. The van der Waals surface area contributed by atoms with Gasteiger partial charge < -0.3 is 10.1 Å². The molecule has 8 heteroatoms. The van der Waals surface area contributed by atoms with Crippen molar-refractivity contribution in [1.29, 1.82) is 0 Å². The Morgan fingerprint density at radius 1 is 1.24 bits per heavy atom. The van der Waals surface area contributed by atoms with Crippen LogP contribution >= 0.6 is 31.9 Å². The highest BCUT2D eigenvalue weighted by Gasteiger charge is 2.09. The molecule has 0 radical (unpaired) electrons. The lowest BCUT2D eigenvalue weighted by Gasteiger charge is -2.11. The summed E-state index contributed by atoms with van der Waals surface area (Å²) >= 11 is 6.81. The van der Waals surface area contributed by atoms with E-state index in [4.69, 9.17) is 4.74 Å². The number of hydrogen-bond acceptors (Lipinski definition) is 4. The predicted molar refractivity (Wildman–Crippen MR) is 106 cm³/mol. The van der Waals surface area contributed by atoms with E-state index in [0.717, 1.165) is 20.9 Å². The number of ether oxygens (including phenoxy) is 1. The van der Waals surface area contributed by atoms with Gasteiger partial charge in [0.15, 0.2) is 6.61 Å². The summed E-state index contributed by atoms with van der Waals surface area (Å²) in [6.45, 7) is 7.38. The first kappa shape index (κ1) is 21.6. The molecular weight excluding hydrogens is 454 g/mol. The fraction of sp³-hybridized carbons (Fsp3) is 0.471. The van der Waals surface area contributed by atoms with Crippen LogP contribution in [0.1, 0.15) is 39.2 Å². The first-order valence-electron chi connectivity index (χ1n) is 7.92. The molecule has 2 amide bonds. The minimum atomic E-state index is -0.394. The Bertz CT molecular complexity index is 663. The number of amides is 2. The third-order valence-electron chi connectivity index (χ3n) is 3.38. The smallest absolute Gasteiger partial charge is 0.277 e. The summed E-state index contributed by atoms with van der Waals surface area (Å²) in [5, 5.41) is 6.77. The van der Waals surface area contributed by atoms with Gasteiger partial charge in [-0.3, -0.25) is 9.59 Å². The Balaban J connectivity index is 2.46. The van der Waals surface area contributed by atoms with Crippen molar-refractivity contribution in [1.82, 2.24) is 10.7 Å². The van der Waals surface area contributed by atoms with E-state index in [1.807, 2.05) is 32.9 Å². The van der Waals surface area contributed by atoms with E-state index in [0.29, 0.717) is 11.5 Å².